The monoisotopic (exact) mass is 453 g/mol. The predicted octanol–water partition coefficient (Wildman–Crippen LogP) is 4.86. The van der Waals surface area contributed by atoms with E-state index < -0.39 is 5.41 Å². The second-order valence-corrected chi connectivity index (χ2v) is 9.47. The van der Waals surface area contributed by atoms with Crippen molar-refractivity contribution in [3.8, 4) is 11.5 Å². The molecule has 1 aliphatic rings. The van der Waals surface area contributed by atoms with Crippen molar-refractivity contribution in [2.45, 2.75) is 40.5 Å². The van der Waals surface area contributed by atoms with Gasteiger partial charge in [-0.3, -0.25) is 4.79 Å². The molecule has 0 aromatic heterocycles. The largest absolute Gasteiger partial charge is 0.497 e. The Bertz CT molecular complexity index is 970. The first-order chi connectivity index (χ1) is 15.7. The lowest BCUT2D eigenvalue weighted by Crippen LogP contribution is -2.43. The number of hydrogen-bond acceptors (Lipinski definition) is 4. The normalized spacial score (nSPS) is 14.8. The van der Waals surface area contributed by atoms with Crippen LogP contribution in [0.5, 0.6) is 11.5 Å². The van der Waals surface area contributed by atoms with Gasteiger partial charge < -0.3 is 25.0 Å². The van der Waals surface area contributed by atoms with Crippen molar-refractivity contribution >= 4 is 23.3 Å². The summed E-state index contributed by atoms with van der Waals surface area (Å²) < 4.78 is 11.1. The standard InChI is InChI=1S/C26H35N3O4/c1-18(2)13-15-29-22-16-20(8-11-23(22)33-17-26(3,4)24(29)30)28-25(31)27-14-12-19-6-9-21(32-5)10-7-19/h6-11,16,18H,12-15,17H2,1-5H3,(H2,27,28,31). The molecule has 0 spiro atoms. The van der Waals surface area contributed by atoms with Crippen molar-refractivity contribution < 1.29 is 19.1 Å². The third-order valence-electron chi connectivity index (χ3n) is 5.71. The molecule has 2 N–H and O–H groups in total. The van der Waals surface area contributed by atoms with Crippen LogP contribution in [0.25, 0.3) is 0 Å². The Hall–Kier alpha value is -3.22. The van der Waals surface area contributed by atoms with E-state index in [4.69, 9.17) is 9.47 Å². The predicted molar refractivity (Wildman–Crippen MR) is 131 cm³/mol. The zero-order valence-electron chi connectivity index (χ0n) is 20.2. The van der Waals surface area contributed by atoms with Crippen LogP contribution in [0.3, 0.4) is 0 Å². The van der Waals surface area contributed by atoms with Gasteiger partial charge in [0, 0.05) is 18.8 Å². The Kier molecular flexibility index (Phi) is 7.84. The number of fused-ring (bicyclic) bond motifs is 1. The molecule has 7 nitrogen and oxygen atoms in total. The Morgan fingerprint density at radius 2 is 1.91 bits per heavy atom. The van der Waals surface area contributed by atoms with E-state index in [-0.39, 0.29) is 11.9 Å². The van der Waals surface area contributed by atoms with Crippen LogP contribution in [-0.4, -0.2) is 38.7 Å². The molecule has 0 aliphatic carbocycles. The number of rotatable bonds is 8. The molecular weight excluding hydrogens is 418 g/mol. The number of carbonyl (C=O) groups is 2. The van der Waals surface area contributed by atoms with Gasteiger partial charge in [0.2, 0.25) is 5.91 Å². The van der Waals surface area contributed by atoms with E-state index in [1.807, 2.05) is 50.2 Å². The summed E-state index contributed by atoms with van der Waals surface area (Å²) in [5, 5.41) is 5.76. The van der Waals surface area contributed by atoms with Gasteiger partial charge >= 0.3 is 6.03 Å². The second-order valence-electron chi connectivity index (χ2n) is 9.47. The maximum Gasteiger partial charge on any atom is 0.319 e. The van der Waals surface area contributed by atoms with Crippen LogP contribution in [-0.2, 0) is 11.2 Å². The molecule has 0 fully saturated rings. The summed E-state index contributed by atoms with van der Waals surface area (Å²) in [6.07, 6.45) is 1.59. The number of methoxy groups -OCH3 is 1. The molecule has 0 saturated heterocycles. The lowest BCUT2D eigenvalue weighted by molar-refractivity contribution is -0.127. The first-order valence-corrected chi connectivity index (χ1v) is 11.5. The quantitative estimate of drug-likeness (QED) is 0.598. The number of ether oxygens (including phenoxy) is 2. The lowest BCUT2D eigenvalue weighted by Gasteiger charge is -2.28. The average molecular weight is 454 g/mol. The summed E-state index contributed by atoms with van der Waals surface area (Å²) in [5.41, 5.74) is 1.80. The number of urea groups is 1. The number of amides is 3. The Balaban J connectivity index is 1.66. The first kappa shape index (κ1) is 24.4. The van der Waals surface area contributed by atoms with Crippen molar-refractivity contribution in [1.82, 2.24) is 5.32 Å². The maximum atomic E-state index is 13.2. The molecule has 0 bridgehead atoms. The van der Waals surface area contributed by atoms with Gasteiger partial charge in [-0.2, -0.15) is 0 Å². The molecule has 1 aliphatic heterocycles. The minimum absolute atomic E-state index is 0.0305. The fraction of sp³-hybridized carbons (Fsp3) is 0.462. The van der Waals surface area contributed by atoms with Crippen molar-refractivity contribution in [3.05, 3.63) is 48.0 Å². The zero-order chi connectivity index (χ0) is 24.0. The summed E-state index contributed by atoms with van der Waals surface area (Å²) in [6, 6.07) is 12.9. The van der Waals surface area contributed by atoms with Crippen molar-refractivity contribution in [2.75, 3.05) is 37.0 Å². The molecule has 33 heavy (non-hydrogen) atoms. The van der Waals surface area contributed by atoms with Crippen LogP contribution in [0.4, 0.5) is 16.2 Å². The smallest absolute Gasteiger partial charge is 0.319 e. The minimum Gasteiger partial charge on any atom is -0.497 e. The van der Waals surface area contributed by atoms with E-state index in [1.54, 1.807) is 18.1 Å². The summed E-state index contributed by atoms with van der Waals surface area (Å²) in [6.45, 7) is 9.50. The van der Waals surface area contributed by atoms with Crippen molar-refractivity contribution in [3.63, 3.8) is 0 Å². The number of benzene rings is 2. The van der Waals surface area contributed by atoms with Gasteiger partial charge in [0.05, 0.1) is 18.2 Å². The van der Waals surface area contributed by atoms with Crippen LogP contribution in [0.1, 0.15) is 39.7 Å². The lowest BCUT2D eigenvalue weighted by atomic mass is 9.92. The highest BCUT2D eigenvalue weighted by Crippen LogP contribution is 2.38. The minimum atomic E-state index is -0.623. The van der Waals surface area contributed by atoms with Crippen LogP contribution in [0, 0.1) is 11.3 Å². The third-order valence-corrected chi connectivity index (χ3v) is 5.71. The van der Waals surface area contributed by atoms with Gasteiger partial charge in [0.1, 0.15) is 18.1 Å². The zero-order valence-corrected chi connectivity index (χ0v) is 20.2. The molecule has 178 valence electrons. The van der Waals surface area contributed by atoms with E-state index in [2.05, 4.69) is 24.5 Å². The van der Waals surface area contributed by atoms with E-state index in [0.717, 1.165) is 17.7 Å². The molecule has 0 radical (unpaired) electrons. The van der Waals surface area contributed by atoms with Gasteiger partial charge in [-0.1, -0.05) is 26.0 Å². The van der Waals surface area contributed by atoms with Gasteiger partial charge in [-0.05, 0) is 68.5 Å². The summed E-state index contributed by atoms with van der Waals surface area (Å²) in [7, 11) is 1.63. The molecule has 3 amide bonds. The Labute approximate surface area is 196 Å². The summed E-state index contributed by atoms with van der Waals surface area (Å²) in [5.74, 6) is 1.96. The second kappa shape index (κ2) is 10.6. The molecule has 2 aromatic rings. The summed E-state index contributed by atoms with van der Waals surface area (Å²) in [4.78, 5) is 27.5. The number of anilines is 2. The van der Waals surface area contributed by atoms with Gasteiger partial charge in [-0.15, -0.1) is 0 Å². The molecule has 7 heteroatoms. The molecule has 3 rings (SSSR count). The van der Waals surface area contributed by atoms with Crippen LogP contribution in [0.15, 0.2) is 42.5 Å². The summed E-state index contributed by atoms with van der Waals surface area (Å²) >= 11 is 0. The molecular formula is C26H35N3O4. The molecule has 1 heterocycles. The van der Waals surface area contributed by atoms with Crippen LogP contribution < -0.4 is 25.0 Å². The number of nitrogens with zero attached hydrogens (tertiary/aromatic N) is 1. The van der Waals surface area contributed by atoms with E-state index in [0.29, 0.717) is 49.2 Å². The molecule has 2 aromatic carbocycles. The highest BCUT2D eigenvalue weighted by atomic mass is 16.5. The van der Waals surface area contributed by atoms with Gasteiger partial charge in [-0.25, -0.2) is 4.79 Å². The van der Waals surface area contributed by atoms with Crippen LogP contribution in [0.2, 0.25) is 0 Å². The molecule has 0 unspecified atom stereocenters. The Morgan fingerprint density at radius 1 is 1.18 bits per heavy atom. The average Bonchev–Trinajstić information content (AvgIpc) is 2.87. The first-order valence-electron chi connectivity index (χ1n) is 11.5. The van der Waals surface area contributed by atoms with E-state index in [1.165, 1.54) is 0 Å². The fourth-order valence-electron chi connectivity index (χ4n) is 3.62. The molecule has 0 saturated carbocycles. The van der Waals surface area contributed by atoms with E-state index >= 15 is 0 Å². The molecule has 0 atom stereocenters. The topological polar surface area (TPSA) is 79.9 Å². The third kappa shape index (κ3) is 6.40. The maximum absolute atomic E-state index is 13.2. The van der Waals surface area contributed by atoms with Crippen molar-refractivity contribution in [1.29, 1.82) is 0 Å². The fourth-order valence-corrected chi connectivity index (χ4v) is 3.62. The number of carbonyl (C=O) groups excluding carboxylic acids is 2. The van der Waals surface area contributed by atoms with Crippen LogP contribution >= 0.6 is 0 Å². The Morgan fingerprint density at radius 3 is 2.58 bits per heavy atom. The van der Waals surface area contributed by atoms with E-state index in [9.17, 15) is 9.59 Å². The number of nitrogens with one attached hydrogen (secondary N) is 2. The van der Waals surface area contributed by atoms with Gasteiger partial charge in [0.25, 0.3) is 0 Å². The number of hydrogen-bond donors (Lipinski definition) is 2. The van der Waals surface area contributed by atoms with Crippen molar-refractivity contribution in [2.24, 2.45) is 11.3 Å². The highest BCUT2D eigenvalue weighted by molar-refractivity contribution is 6.00. The van der Waals surface area contributed by atoms with Gasteiger partial charge in [0.15, 0.2) is 0 Å². The SMILES string of the molecule is COc1ccc(CCNC(=O)Nc2ccc3c(c2)N(CCC(C)C)C(=O)C(C)(C)CO3)cc1. The highest BCUT2D eigenvalue weighted by Gasteiger charge is 2.37.